The van der Waals surface area contributed by atoms with Gasteiger partial charge in [0, 0.05) is 34.3 Å². The predicted molar refractivity (Wildman–Crippen MR) is 99.5 cm³/mol. The molecule has 6 nitrogen and oxygen atoms in total. The molecule has 1 aromatic heterocycles. The standard InChI is InChI=1S/C19H16ClNO5/c1-2-24-19(23)10-25-12-4-6-14-15(9-18(22)26-17(14)8-12)13-5-3-11(21)7-16(13)20/h3-9H,2,10,21H2,1H3. The van der Waals surface area contributed by atoms with E-state index in [0.29, 0.717) is 38.6 Å². The molecule has 0 unspecified atom stereocenters. The molecule has 0 aliphatic heterocycles. The smallest absolute Gasteiger partial charge is 0.344 e. The van der Waals surface area contributed by atoms with Crippen LogP contribution in [0, 0.1) is 0 Å². The Balaban J connectivity index is 2.01. The van der Waals surface area contributed by atoms with Gasteiger partial charge in [-0.2, -0.15) is 0 Å². The topological polar surface area (TPSA) is 91.8 Å². The van der Waals surface area contributed by atoms with Gasteiger partial charge in [-0.15, -0.1) is 0 Å². The van der Waals surface area contributed by atoms with Crippen LogP contribution in [0.1, 0.15) is 6.92 Å². The van der Waals surface area contributed by atoms with Crippen molar-refractivity contribution >= 4 is 34.2 Å². The summed E-state index contributed by atoms with van der Waals surface area (Å²) in [5.41, 5.74) is 7.34. The quantitative estimate of drug-likeness (QED) is 0.417. The van der Waals surface area contributed by atoms with Crippen LogP contribution in [-0.4, -0.2) is 19.2 Å². The summed E-state index contributed by atoms with van der Waals surface area (Å²) in [6.07, 6.45) is 0. The van der Waals surface area contributed by atoms with Crippen molar-refractivity contribution in [2.24, 2.45) is 0 Å². The van der Waals surface area contributed by atoms with Crippen LogP contribution in [0.2, 0.25) is 5.02 Å². The van der Waals surface area contributed by atoms with Gasteiger partial charge in [-0.05, 0) is 31.2 Å². The number of esters is 1. The summed E-state index contributed by atoms with van der Waals surface area (Å²) in [5, 5.41) is 1.11. The molecule has 7 heteroatoms. The monoisotopic (exact) mass is 373 g/mol. The molecule has 26 heavy (non-hydrogen) atoms. The summed E-state index contributed by atoms with van der Waals surface area (Å²) in [7, 11) is 0. The zero-order valence-electron chi connectivity index (χ0n) is 14.0. The average molecular weight is 374 g/mol. The van der Waals surface area contributed by atoms with Crippen molar-refractivity contribution in [2.45, 2.75) is 6.92 Å². The Morgan fingerprint density at radius 3 is 2.69 bits per heavy atom. The van der Waals surface area contributed by atoms with Crippen molar-refractivity contribution in [2.75, 3.05) is 18.9 Å². The number of benzene rings is 2. The lowest BCUT2D eigenvalue weighted by atomic mass is 10.0. The molecule has 134 valence electrons. The number of hydrogen-bond donors (Lipinski definition) is 1. The molecule has 0 bridgehead atoms. The number of carbonyl (C=O) groups excluding carboxylic acids is 1. The Kier molecular flexibility index (Phi) is 5.14. The number of fused-ring (bicyclic) bond motifs is 1. The number of nitrogens with two attached hydrogens (primary N) is 1. The molecule has 0 aliphatic carbocycles. The van der Waals surface area contributed by atoms with Crippen LogP contribution < -0.4 is 16.1 Å². The first kappa shape index (κ1) is 17.8. The van der Waals surface area contributed by atoms with E-state index in [9.17, 15) is 9.59 Å². The number of rotatable bonds is 5. The summed E-state index contributed by atoms with van der Waals surface area (Å²) in [5.74, 6) is -0.0919. The normalized spacial score (nSPS) is 10.7. The fraction of sp³-hybridized carbons (Fsp3) is 0.158. The lowest BCUT2D eigenvalue weighted by Crippen LogP contribution is -2.14. The third kappa shape index (κ3) is 3.81. The van der Waals surface area contributed by atoms with Crippen LogP contribution in [-0.2, 0) is 9.53 Å². The summed E-state index contributed by atoms with van der Waals surface area (Å²) < 4.78 is 15.4. The van der Waals surface area contributed by atoms with Crippen LogP contribution in [0.3, 0.4) is 0 Å². The molecule has 0 radical (unpaired) electrons. The van der Waals surface area contributed by atoms with Crippen molar-refractivity contribution in [3.63, 3.8) is 0 Å². The SMILES string of the molecule is CCOC(=O)COc1ccc2c(-c3ccc(N)cc3Cl)cc(=O)oc2c1. The van der Waals surface area contributed by atoms with Gasteiger partial charge >= 0.3 is 11.6 Å². The zero-order valence-corrected chi connectivity index (χ0v) is 14.7. The first-order chi connectivity index (χ1) is 12.5. The summed E-state index contributed by atoms with van der Waals surface area (Å²) in [6, 6.07) is 11.4. The highest BCUT2D eigenvalue weighted by molar-refractivity contribution is 6.34. The second kappa shape index (κ2) is 7.49. The fourth-order valence-corrected chi connectivity index (χ4v) is 2.84. The van der Waals surface area contributed by atoms with Crippen LogP contribution >= 0.6 is 11.6 Å². The summed E-state index contributed by atoms with van der Waals surface area (Å²) in [6.45, 7) is 1.76. The molecule has 2 aromatic carbocycles. The molecule has 1 heterocycles. The Morgan fingerprint density at radius 2 is 1.96 bits per heavy atom. The maximum absolute atomic E-state index is 12.0. The molecular formula is C19H16ClNO5. The lowest BCUT2D eigenvalue weighted by molar-refractivity contribution is -0.145. The molecule has 0 aliphatic rings. The highest BCUT2D eigenvalue weighted by Gasteiger charge is 2.12. The van der Waals surface area contributed by atoms with Crippen molar-refractivity contribution in [3.8, 4) is 16.9 Å². The number of nitrogen functional groups attached to an aromatic ring is 1. The van der Waals surface area contributed by atoms with Crippen molar-refractivity contribution in [1.29, 1.82) is 0 Å². The van der Waals surface area contributed by atoms with Gasteiger partial charge in [-0.3, -0.25) is 0 Å². The van der Waals surface area contributed by atoms with E-state index >= 15 is 0 Å². The minimum Gasteiger partial charge on any atom is -0.482 e. The van der Waals surface area contributed by atoms with Gasteiger partial charge in [-0.1, -0.05) is 17.7 Å². The molecule has 0 saturated heterocycles. The number of hydrogen-bond acceptors (Lipinski definition) is 6. The molecule has 3 aromatic rings. The first-order valence-electron chi connectivity index (χ1n) is 7.89. The second-order valence-corrected chi connectivity index (χ2v) is 5.88. The van der Waals surface area contributed by atoms with E-state index < -0.39 is 11.6 Å². The van der Waals surface area contributed by atoms with Crippen LogP contribution in [0.25, 0.3) is 22.1 Å². The maximum Gasteiger partial charge on any atom is 0.344 e. The van der Waals surface area contributed by atoms with Crippen molar-refractivity contribution < 1.29 is 18.7 Å². The molecule has 0 atom stereocenters. The maximum atomic E-state index is 12.0. The Bertz CT molecular complexity index is 1030. The Hall–Kier alpha value is -2.99. The zero-order chi connectivity index (χ0) is 18.7. The third-order valence-electron chi connectivity index (χ3n) is 3.66. The second-order valence-electron chi connectivity index (χ2n) is 5.47. The number of halogens is 1. The molecule has 3 rings (SSSR count). The molecule has 0 amide bonds. The third-order valence-corrected chi connectivity index (χ3v) is 3.97. The predicted octanol–water partition coefficient (Wildman–Crippen LogP) is 3.64. The molecule has 0 spiro atoms. The number of anilines is 1. The lowest BCUT2D eigenvalue weighted by Gasteiger charge is -2.10. The molecular weight excluding hydrogens is 358 g/mol. The van der Waals surface area contributed by atoms with Gasteiger partial charge in [0.15, 0.2) is 6.61 Å². The van der Waals surface area contributed by atoms with Crippen molar-refractivity contribution in [3.05, 3.63) is 57.9 Å². The van der Waals surface area contributed by atoms with E-state index in [4.69, 9.17) is 31.2 Å². The van der Waals surface area contributed by atoms with Crippen LogP contribution in [0.4, 0.5) is 5.69 Å². The average Bonchev–Trinajstić information content (AvgIpc) is 2.59. The van der Waals surface area contributed by atoms with Gasteiger partial charge in [-0.25, -0.2) is 9.59 Å². The minimum atomic E-state index is -0.525. The van der Waals surface area contributed by atoms with Gasteiger partial charge < -0.3 is 19.6 Å². The van der Waals surface area contributed by atoms with Crippen molar-refractivity contribution in [1.82, 2.24) is 0 Å². The van der Waals surface area contributed by atoms with Crippen LogP contribution in [0.15, 0.2) is 51.7 Å². The molecule has 0 saturated carbocycles. The minimum absolute atomic E-state index is 0.229. The van der Waals surface area contributed by atoms with Gasteiger partial charge in [0.1, 0.15) is 11.3 Å². The van der Waals surface area contributed by atoms with Gasteiger partial charge in [0.05, 0.1) is 11.6 Å². The van der Waals surface area contributed by atoms with E-state index in [1.54, 1.807) is 43.3 Å². The summed E-state index contributed by atoms with van der Waals surface area (Å²) in [4.78, 5) is 23.4. The van der Waals surface area contributed by atoms with E-state index in [-0.39, 0.29) is 13.2 Å². The largest absolute Gasteiger partial charge is 0.482 e. The molecule has 0 fully saturated rings. The fourth-order valence-electron chi connectivity index (χ4n) is 2.55. The van der Waals surface area contributed by atoms with Crippen LogP contribution in [0.5, 0.6) is 5.75 Å². The molecule has 2 N–H and O–H groups in total. The van der Waals surface area contributed by atoms with E-state index in [0.717, 1.165) is 0 Å². The van der Waals surface area contributed by atoms with E-state index in [1.807, 2.05) is 0 Å². The van der Waals surface area contributed by atoms with Gasteiger partial charge in [0.25, 0.3) is 0 Å². The first-order valence-corrected chi connectivity index (χ1v) is 8.27. The van der Waals surface area contributed by atoms with Gasteiger partial charge in [0.2, 0.25) is 0 Å². The Labute approximate surface area is 154 Å². The Morgan fingerprint density at radius 1 is 1.15 bits per heavy atom. The van der Waals surface area contributed by atoms with E-state index in [2.05, 4.69) is 0 Å². The highest BCUT2D eigenvalue weighted by atomic mass is 35.5. The highest BCUT2D eigenvalue weighted by Crippen LogP contribution is 2.34. The summed E-state index contributed by atoms with van der Waals surface area (Å²) >= 11 is 6.27. The number of ether oxygens (including phenoxy) is 2. The van der Waals surface area contributed by atoms with E-state index in [1.165, 1.54) is 6.07 Å². The number of carbonyl (C=O) groups is 1.